The van der Waals surface area contributed by atoms with E-state index in [1.54, 1.807) is 7.11 Å². The first-order chi connectivity index (χ1) is 7.74. The monoisotopic (exact) mass is 226 g/mol. The molecule has 1 unspecified atom stereocenters. The molecule has 0 aromatic carbocycles. The molecule has 1 heterocycles. The molecule has 3 nitrogen and oxygen atoms in total. The van der Waals surface area contributed by atoms with Gasteiger partial charge in [-0.05, 0) is 31.1 Å². The lowest BCUT2D eigenvalue weighted by Crippen LogP contribution is -2.18. The van der Waals surface area contributed by atoms with E-state index in [-0.39, 0.29) is 12.9 Å². The Kier molecular flexibility index (Phi) is 4.00. The Bertz CT molecular complexity index is 262. The van der Waals surface area contributed by atoms with Crippen LogP contribution >= 0.6 is 0 Å². The van der Waals surface area contributed by atoms with Crippen molar-refractivity contribution in [3.05, 3.63) is 11.6 Å². The maximum atomic E-state index is 9.02. The molecule has 3 heteroatoms. The summed E-state index contributed by atoms with van der Waals surface area (Å²) < 4.78 is 11.1. The van der Waals surface area contributed by atoms with Crippen LogP contribution in [0.1, 0.15) is 32.6 Å². The van der Waals surface area contributed by atoms with Gasteiger partial charge in [0.25, 0.3) is 0 Å². The first kappa shape index (κ1) is 12.1. The van der Waals surface area contributed by atoms with Crippen LogP contribution in [0.2, 0.25) is 0 Å². The van der Waals surface area contributed by atoms with E-state index in [0.717, 1.165) is 25.7 Å². The van der Waals surface area contributed by atoms with E-state index < -0.39 is 0 Å². The number of fused-ring (bicyclic) bond motifs is 1. The van der Waals surface area contributed by atoms with Gasteiger partial charge in [-0.1, -0.05) is 18.6 Å². The minimum absolute atomic E-state index is 0.00464. The van der Waals surface area contributed by atoms with E-state index in [4.69, 9.17) is 14.6 Å². The van der Waals surface area contributed by atoms with Crippen molar-refractivity contribution in [1.29, 1.82) is 0 Å². The van der Waals surface area contributed by atoms with E-state index in [1.807, 2.05) is 0 Å². The van der Waals surface area contributed by atoms with Crippen molar-refractivity contribution in [2.45, 2.75) is 45.0 Å². The molecule has 1 fully saturated rings. The standard InChI is InChI=1S/C13H22O3/c1-9-7-12-11(8-13(15-2)16-12)4-3-10(9)5-6-14/h3,9,11-14H,4-8H2,1-2H3/t9-,11+,12+,13?/m0/s1. The van der Waals surface area contributed by atoms with Gasteiger partial charge in [0, 0.05) is 20.1 Å². The third-order valence-electron chi connectivity index (χ3n) is 3.91. The Morgan fingerprint density at radius 2 is 2.31 bits per heavy atom. The maximum absolute atomic E-state index is 9.02. The van der Waals surface area contributed by atoms with Crippen LogP contribution in [0.3, 0.4) is 0 Å². The molecule has 92 valence electrons. The number of aliphatic hydroxyl groups is 1. The highest BCUT2D eigenvalue weighted by atomic mass is 16.7. The van der Waals surface area contributed by atoms with Gasteiger partial charge in [-0.25, -0.2) is 0 Å². The van der Waals surface area contributed by atoms with Crippen molar-refractivity contribution in [3.8, 4) is 0 Å². The van der Waals surface area contributed by atoms with Crippen LogP contribution in [0, 0.1) is 11.8 Å². The fourth-order valence-corrected chi connectivity index (χ4v) is 2.89. The summed E-state index contributed by atoms with van der Waals surface area (Å²) in [6.07, 6.45) is 6.61. The summed E-state index contributed by atoms with van der Waals surface area (Å²) in [5, 5.41) is 9.02. The zero-order valence-electron chi connectivity index (χ0n) is 10.2. The third kappa shape index (κ3) is 2.47. The van der Waals surface area contributed by atoms with Gasteiger partial charge in [-0.2, -0.15) is 0 Å². The molecule has 0 saturated carbocycles. The molecule has 2 rings (SSSR count). The molecule has 0 aromatic heterocycles. The molecule has 0 aromatic rings. The van der Waals surface area contributed by atoms with Gasteiger partial charge in [0.1, 0.15) is 0 Å². The second-order valence-corrected chi connectivity index (χ2v) is 4.96. The molecule has 1 aliphatic carbocycles. The Labute approximate surface area is 97.4 Å². The van der Waals surface area contributed by atoms with Crippen LogP contribution in [0.4, 0.5) is 0 Å². The van der Waals surface area contributed by atoms with Crippen LogP contribution in [0.25, 0.3) is 0 Å². The fourth-order valence-electron chi connectivity index (χ4n) is 2.89. The lowest BCUT2D eigenvalue weighted by Gasteiger charge is -2.19. The zero-order valence-corrected chi connectivity index (χ0v) is 10.2. The SMILES string of the molecule is COC1C[C@H]2CC=C(CCO)[C@@H](C)C[C@H]2O1. The van der Waals surface area contributed by atoms with Crippen LogP contribution in [0.15, 0.2) is 11.6 Å². The van der Waals surface area contributed by atoms with Crippen molar-refractivity contribution < 1.29 is 14.6 Å². The van der Waals surface area contributed by atoms with Crippen LogP contribution in [-0.4, -0.2) is 31.2 Å². The van der Waals surface area contributed by atoms with Crippen LogP contribution < -0.4 is 0 Å². The number of ether oxygens (including phenoxy) is 2. The number of allylic oxidation sites excluding steroid dienone is 1. The lowest BCUT2D eigenvalue weighted by atomic mass is 9.92. The average Bonchev–Trinajstić information content (AvgIpc) is 2.60. The number of hydrogen-bond acceptors (Lipinski definition) is 3. The minimum atomic E-state index is -0.00464. The largest absolute Gasteiger partial charge is 0.396 e. The van der Waals surface area contributed by atoms with Crippen molar-refractivity contribution >= 4 is 0 Å². The van der Waals surface area contributed by atoms with Crippen molar-refractivity contribution in [2.75, 3.05) is 13.7 Å². The summed E-state index contributed by atoms with van der Waals surface area (Å²) >= 11 is 0. The molecule has 0 bridgehead atoms. The minimum Gasteiger partial charge on any atom is -0.396 e. The summed E-state index contributed by atoms with van der Waals surface area (Å²) in [7, 11) is 1.71. The topological polar surface area (TPSA) is 38.7 Å². The lowest BCUT2D eigenvalue weighted by molar-refractivity contribution is -0.118. The predicted molar refractivity (Wildman–Crippen MR) is 62.0 cm³/mol. The van der Waals surface area contributed by atoms with Gasteiger partial charge in [0.05, 0.1) is 6.10 Å². The highest BCUT2D eigenvalue weighted by molar-refractivity contribution is 5.10. The molecule has 2 aliphatic rings. The Morgan fingerprint density at radius 1 is 1.50 bits per heavy atom. The highest BCUT2D eigenvalue weighted by Gasteiger charge is 2.37. The molecule has 1 N–H and O–H groups in total. The Balaban J connectivity index is 2.01. The Morgan fingerprint density at radius 3 is 3.00 bits per heavy atom. The maximum Gasteiger partial charge on any atom is 0.157 e. The van der Waals surface area contributed by atoms with E-state index in [9.17, 15) is 0 Å². The van der Waals surface area contributed by atoms with Gasteiger partial charge < -0.3 is 14.6 Å². The van der Waals surface area contributed by atoms with Gasteiger partial charge in [0.2, 0.25) is 0 Å². The molecule has 0 spiro atoms. The average molecular weight is 226 g/mol. The van der Waals surface area contributed by atoms with E-state index in [0.29, 0.717) is 17.9 Å². The molecule has 16 heavy (non-hydrogen) atoms. The fraction of sp³-hybridized carbons (Fsp3) is 0.846. The van der Waals surface area contributed by atoms with Crippen molar-refractivity contribution in [2.24, 2.45) is 11.8 Å². The molecule has 1 aliphatic heterocycles. The molecule has 0 radical (unpaired) electrons. The molecule has 0 amide bonds. The van der Waals surface area contributed by atoms with Crippen LogP contribution in [0.5, 0.6) is 0 Å². The molecular formula is C13H22O3. The summed E-state index contributed by atoms with van der Waals surface area (Å²) in [6, 6.07) is 0. The zero-order chi connectivity index (χ0) is 11.5. The van der Waals surface area contributed by atoms with Crippen LogP contribution in [-0.2, 0) is 9.47 Å². The second-order valence-electron chi connectivity index (χ2n) is 4.96. The summed E-state index contributed by atoms with van der Waals surface area (Å²) in [6.45, 7) is 2.49. The molecule has 4 atom stereocenters. The number of rotatable bonds is 3. The van der Waals surface area contributed by atoms with E-state index >= 15 is 0 Å². The number of methoxy groups -OCH3 is 1. The second kappa shape index (κ2) is 5.30. The quantitative estimate of drug-likeness (QED) is 0.749. The number of hydrogen-bond donors (Lipinski definition) is 1. The third-order valence-corrected chi connectivity index (χ3v) is 3.91. The number of aliphatic hydroxyl groups excluding tert-OH is 1. The smallest absolute Gasteiger partial charge is 0.157 e. The Hall–Kier alpha value is -0.380. The van der Waals surface area contributed by atoms with Gasteiger partial charge in [0.15, 0.2) is 6.29 Å². The van der Waals surface area contributed by atoms with Crippen molar-refractivity contribution in [3.63, 3.8) is 0 Å². The van der Waals surface area contributed by atoms with Gasteiger partial charge >= 0.3 is 0 Å². The van der Waals surface area contributed by atoms with E-state index in [1.165, 1.54) is 5.57 Å². The summed E-state index contributed by atoms with van der Waals surface area (Å²) in [5.41, 5.74) is 1.40. The molecule has 1 saturated heterocycles. The molecular weight excluding hydrogens is 204 g/mol. The highest BCUT2D eigenvalue weighted by Crippen LogP contribution is 2.38. The first-order valence-electron chi connectivity index (χ1n) is 6.22. The summed E-state index contributed by atoms with van der Waals surface area (Å²) in [5.74, 6) is 1.13. The van der Waals surface area contributed by atoms with Crippen molar-refractivity contribution in [1.82, 2.24) is 0 Å². The van der Waals surface area contributed by atoms with Gasteiger partial charge in [-0.15, -0.1) is 0 Å². The predicted octanol–water partition coefficient (Wildman–Crippen LogP) is 2.10. The van der Waals surface area contributed by atoms with E-state index in [2.05, 4.69) is 13.0 Å². The normalized spacial score (nSPS) is 39.1. The first-order valence-corrected chi connectivity index (χ1v) is 6.22. The summed E-state index contributed by atoms with van der Waals surface area (Å²) in [4.78, 5) is 0. The van der Waals surface area contributed by atoms with Gasteiger partial charge in [-0.3, -0.25) is 0 Å².